The number of rotatable bonds is 7. The van der Waals surface area contributed by atoms with Gasteiger partial charge in [-0.15, -0.1) is 11.8 Å². The van der Waals surface area contributed by atoms with Gasteiger partial charge in [0.25, 0.3) is 0 Å². The molecule has 102 valence electrons. The summed E-state index contributed by atoms with van der Waals surface area (Å²) in [6, 6.07) is 6.83. The van der Waals surface area contributed by atoms with Gasteiger partial charge in [0, 0.05) is 34.8 Å². The van der Waals surface area contributed by atoms with Gasteiger partial charge < -0.3 is 10.2 Å². The van der Waals surface area contributed by atoms with Crippen LogP contribution in [0.25, 0.3) is 0 Å². The molecule has 0 radical (unpaired) electrons. The highest BCUT2D eigenvalue weighted by atomic mass is 35.5. The summed E-state index contributed by atoms with van der Waals surface area (Å²) >= 11 is 8.14. The standard InChI is InChI=1S/C14H23ClN2S/c1-11(2)16-10-12-5-6-13(9-14(12)15)18-8-7-17(3)4/h5-6,9,11,16H,7-8,10H2,1-4H3. The Morgan fingerprint density at radius 1 is 1.33 bits per heavy atom. The minimum absolute atomic E-state index is 0.482. The number of benzene rings is 1. The summed E-state index contributed by atoms with van der Waals surface area (Å²) in [6.45, 7) is 6.19. The smallest absolute Gasteiger partial charge is 0.0462 e. The SMILES string of the molecule is CC(C)NCc1ccc(SCCN(C)C)cc1Cl. The van der Waals surface area contributed by atoms with Crippen molar-refractivity contribution in [1.82, 2.24) is 10.2 Å². The summed E-state index contributed by atoms with van der Waals surface area (Å²) in [7, 11) is 4.18. The van der Waals surface area contributed by atoms with Crippen LogP contribution in [0.4, 0.5) is 0 Å². The number of thioether (sulfide) groups is 1. The Labute approximate surface area is 120 Å². The number of hydrogen-bond acceptors (Lipinski definition) is 3. The van der Waals surface area contributed by atoms with Crippen LogP contribution in [0.3, 0.4) is 0 Å². The van der Waals surface area contributed by atoms with Crippen LogP contribution in [0, 0.1) is 0 Å². The summed E-state index contributed by atoms with van der Waals surface area (Å²) in [4.78, 5) is 3.44. The fourth-order valence-electron chi connectivity index (χ4n) is 1.42. The highest BCUT2D eigenvalue weighted by Gasteiger charge is 2.03. The van der Waals surface area contributed by atoms with E-state index >= 15 is 0 Å². The number of halogens is 1. The Bertz CT molecular complexity index is 367. The number of nitrogens with one attached hydrogen (secondary N) is 1. The van der Waals surface area contributed by atoms with Gasteiger partial charge in [-0.2, -0.15) is 0 Å². The Morgan fingerprint density at radius 3 is 2.61 bits per heavy atom. The maximum absolute atomic E-state index is 6.29. The molecule has 0 aliphatic heterocycles. The molecular weight excluding hydrogens is 264 g/mol. The van der Waals surface area contributed by atoms with E-state index in [0.717, 1.165) is 23.9 Å². The average Bonchev–Trinajstić information content (AvgIpc) is 2.27. The molecule has 4 heteroatoms. The zero-order valence-corrected chi connectivity index (χ0v) is 13.2. The largest absolute Gasteiger partial charge is 0.310 e. The van der Waals surface area contributed by atoms with E-state index in [1.54, 1.807) is 0 Å². The first-order valence-corrected chi connectivity index (χ1v) is 7.64. The molecule has 0 heterocycles. The molecule has 0 atom stereocenters. The first-order chi connectivity index (χ1) is 8.49. The highest BCUT2D eigenvalue weighted by Crippen LogP contribution is 2.25. The van der Waals surface area contributed by atoms with Crippen molar-refractivity contribution >= 4 is 23.4 Å². The molecule has 0 unspecified atom stereocenters. The number of nitrogens with zero attached hydrogens (tertiary/aromatic N) is 1. The van der Waals surface area contributed by atoms with E-state index in [-0.39, 0.29) is 0 Å². The Morgan fingerprint density at radius 2 is 2.06 bits per heavy atom. The summed E-state index contributed by atoms with van der Waals surface area (Å²) in [5.74, 6) is 1.09. The van der Waals surface area contributed by atoms with Crippen LogP contribution in [0.5, 0.6) is 0 Å². The fourth-order valence-corrected chi connectivity index (χ4v) is 2.79. The second-order valence-electron chi connectivity index (χ2n) is 4.94. The molecule has 1 N–H and O–H groups in total. The Hall–Kier alpha value is -0.220. The van der Waals surface area contributed by atoms with Gasteiger partial charge >= 0.3 is 0 Å². The molecule has 1 rings (SSSR count). The molecule has 0 saturated carbocycles. The minimum Gasteiger partial charge on any atom is -0.310 e. The highest BCUT2D eigenvalue weighted by molar-refractivity contribution is 7.99. The van der Waals surface area contributed by atoms with E-state index in [4.69, 9.17) is 11.6 Å². The Kier molecular flexibility index (Phi) is 7.08. The summed E-state index contributed by atoms with van der Waals surface area (Å²) in [5.41, 5.74) is 1.17. The second-order valence-corrected chi connectivity index (χ2v) is 6.52. The maximum atomic E-state index is 6.29. The molecule has 0 saturated heterocycles. The lowest BCUT2D eigenvalue weighted by Crippen LogP contribution is -2.21. The normalized spacial score (nSPS) is 11.5. The molecule has 0 amide bonds. The Balaban J connectivity index is 2.51. The third kappa shape index (κ3) is 6.10. The summed E-state index contributed by atoms with van der Waals surface area (Å²) in [6.07, 6.45) is 0. The van der Waals surface area contributed by atoms with Gasteiger partial charge in [-0.25, -0.2) is 0 Å². The topological polar surface area (TPSA) is 15.3 Å². The van der Waals surface area contributed by atoms with E-state index in [1.165, 1.54) is 10.5 Å². The maximum Gasteiger partial charge on any atom is 0.0462 e. The average molecular weight is 287 g/mol. The first kappa shape index (κ1) is 15.8. The summed E-state index contributed by atoms with van der Waals surface area (Å²) < 4.78 is 0. The predicted octanol–water partition coefficient (Wildman–Crippen LogP) is 3.49. The predicted molar refractivity (Wildman–Crippen MR) is 82.7 cm³/mol. The lowest BCUT2D eigenvalue weighted by Gasteiger charge is -2.11. The molecule has 0 bridgehead atoms. The van der Waals surface area contributed by atoms with Gasteiger partial charge in [-0.3, -0.25) is 0 Å². The van der Waals surface area contributed by atoms with E-state index in [0.29, 0.717) is 6.04 Å². The molecule has 0 aromatic heterocycles. The number of hydrogen-bond donors (Lipinski definition) is 1. The van der Waals surface area contributed by atoms with Crippen molar-refractivity contribution in [1.29, 1.82) is 0 Å². The van der Waals surface area contributed by atoms with Gasteiger partial charge in [0.1, 0.15) is 0 Å². The van der Waals surface area contributed by atoms with E-state index in [2.05, 4.69) is 56.4 Å². The lowest BCUT2D eigenvalue weighted by molar-refractivity contribution is 0.437. The zero-order chi connectivity index (χ0) is 13.5. The molecule has 18 heavy (non-hydrogen) atoms. The first-order valence-electron chi connectivity index (χ1n) is 6.28. The van der Waals surface area contributed by atoms with Gasteiger partial charge in [0.15, 0.2) is 0 Å². The lowest BCUT2D eigenvalue weighted by atomic mass is 10.2. The van der Waals surface area contributed by atoms with Crippen LogP contribution < -0.4 is 5.32 Å². The third-order valence-corrected chi connectivity index (χ3v) is 3.86. The summed E-state index contributed by atoms with van der Waals surface area (Å²) in [5, 5.41) is 4.24. The van der Waals surface area contributed by atoms with Crippen LogP contribution in [-0.2, 0) is 6.54 Å². The van der Waals surface area contributed by atoms with Gasteiger partial charge in [0.2, 0.25) is 0 Å². The van der Waals surface area contributed by atoms with Crippen LogP contribution in [0.2, 0.25) is 5.02 Å². The fraction of sp³-hybridized carbons (Fsp3) is 0.571. The molecule has 0 fully saturated rings. The minimum atomic E-state index is 0.482. The van der Waals surface area contributed by atoms with Crippen LogP contribution in [0.15, 0.2) is 23.1 Å². The van der Waals surface area contributed by atoms with Crippen molar-refractivity contribution in [3.63, 3.8) is 0 Å². The van der Waals surface area contributed by atoms with E-state index in [1.807, 2.05) is 11.8 Å². The molecule has 2 nitrogen and oxygen atoms in total. The molecule has 0 spiro atoms. The van der Waals surface area contributed by atoms with Crippen molar-refractivity contribution in [2.45, 2.75) is 31.3 Å². The molecule has 0 aliphatic rings. The molecule has 1 aromatic rings. The van der Waals surface area contributed by atoms with Gasteiger partial charge in [0.05, 0.1) is 0 Å². The van der Waals surface area contributed by atoms with E-state index in [9.17, 15) is 0 Å². The monoisotopic (exact) mass is 286 g/mol. The third-order valence-electron chi connectivity index (χ3n) is 2.53. The molecular formula is C14H23ClN2S. The molecule has 1 aromatic carbocycles. The van der Waals surface area contributed by atoms with Crippen molar-refractivity contribution in [2.75, 3.05) is 26.4 Å². The molecule has 0 aliphatic carbocycles. The van der Waals surface area contributed by atoms with Crippen LogP contribution in [-0.4, -0.2) is 37.3 Å². The van der Waals surface area contributed by atoms with E-state index < -0.39 is 0 Å². The van der Waals surface area contributed by atoms with Gasteiger partial charge in [-0.1, -0.05) is 31.5 Å². The zero-order valence-electron chi connectivity index (χ0n) is 11.7. The van der Waals surface area contributed by atoms with Crippen molar-refractivity contribution in [3.8, 4) is 0 Å². The van der Waals surface area contributed by atoms with Crippen molar-refractivity contribution < 1.29 is 0 Å². The quantitative estimate of drug-likeness (QED) is 0.773. The van der Waals surface area contributed by atoms with Crippen LogP contribution in [0.1, 0.15) is 19.4 Å². The van der Waals surface area contributed by atoms with Crippen molar-refractivity contribution in [2.24, 2.45) is 0 Å². The van der Waals surface area contributed by atoms with Crippen LogP contribution >= 0.6 is 23.4 Å². The van der Waals surface area contributed by atoms with Crippen molar-refractivity contribution in [3.05, 3.63) is 28.8 Å². The second kappa shape index (κ2) is 8.05. The van der Waals surface area contributed by atoms with Gasteiger partial charge in [-0.05, 0) is 31.8 Å².